The molecule has 33 heavy (non-hydrogen) atoms. The monoisotopic (exact) mass is 488 g/mol. The van der Waals surface area contributed by atoms with Gasteiger partial charge in [-0.1, -0.05) is 12.1 Å². The SMILES string of the molecule is CN[C@@H](C)Cc1cccc(OCCCCCC(=O)NCCS)c1.O=C(O)[C@H](O)[C@@H](O)C(=O)O. The fourth-order valence-electron chi connectivity index (χ4n) is 2.53. The quantitative estimate of drug-likeness (QED) is 0.139. The van der Waals surface area contributed by atoms with Crippen molar-refractivity contribution in [2.24, 2.45) is 0 Å². The summed E-state index contributed by atoms with van der Waals surface area (Å²) in [5, 5.41) is 38.6. The Kier molecular flexibility index (Phi) is 16.8. The molecule has 0 unspecified atom stereocenters. The molecular weight excluding hydrogens is 452 g/mol. The van der Waals surface area contributed by atoms with E-state index in [1.165, 1.54) is 5.56 Å². The fourth-order valence-corrected chi connectivity index (χ4v) is 2.64. The number of carboxylic acids is 2. The average Bonchev–Trinajstić information content (AvgIpc) is 2.79. The highest BCUT2D eigenvalue weighted by Gasteiger charge is 2.29. The van der Waals surface area contributed by atoms with Crippen molar-refractivity contribution in [3.05, 3.63) is 29.8 Å². The van der Waals surface area contributed by atoms with E-state index in [1.54, 1.807) is 0 Å². The lowest BCUT2D eigenvalue weighted by Gasteiger charge is -2.12. The maximum Gasteiger partial charge on any atom is 0.335 e. The Bertz CT molecular complexity index is 701. The minimum absolute atomic E-state index is 0.117. The predicted octanol–water partition coefficient (Wildman–Crippen LogP) is 0.700. The number of amides is 1. The number of thiol groups is 1. The normalized spacial score (nSPS) is 13.1. The van der Waals surface area contributed by atoms with Crippen LogP contribution in [0.1, 0.15) is 38.2 Å². The Morgan fingerprint density at radius 3 is 2.24 bits per heavy atom. The van der Waals surface area contributed by atoms with E-state index in [0.717, 1.165) is 31.4 Å². The number of carbonyl (C=O) groups excluding carboxylic acids is 1. The molecule has 3 atom stereocenters. The lowest BCUT2D eigenvalue weighted by Crippen LogP contribution is -2.39. The number of aliphatic hydroxyl groups excluding tert-OH is 2. The van der Waals surface area contributed by atoms with E-state index < -0.39 is 24.1 Å². The van der Waals surface area contributed by atoms with Gasteiger partial charge in [-0.05, 0) is 57.4 Å². The molecule has 1 aromatic rings. The van der Waals surface area contributed by atoms with Gasteiger partial charge in [-0.25, -0.2) is 9.59 Å². The van der Waals surface area contributed by atoms with Gasteiger partial charge in [-0.15, -0.1) is 0 Å². The summed E-state index contributed by atoms with van der Waals surface area (Å²) in [6, 6.07) is 8.74. The Labute approximate surface area is 199 Å². The summed E-state index contributed by atoms with van der Waals surface area (Å²) in [5.41, 5.74) is 1.28. The van der Waals surface area contributed by atoms with Crippen molar-refractivity contribution in [1.29, 1.82) is 0 Å². The van der Waals surface area contributed by atoms with Crippen LogP contribution in [0.3, 0.4) is 0 Å². The molecule has 11 heteroatoms. The Morgan fingerprint density at radius 1 is 1.06 bits per heavy atom. The molecule has 1 rings (SSSR count). The molecule has 188 valence electrons. The van der Waals surface area contributed by atoms with Gasteiger partial charge in [0.2, 0.25) is 5.91 Å². The van der Waals surface area contributed by atoms with Gasteiger partial charge in [0.05, 0.1) is 6.61 Å². The minimum atomic E-state index is -2.27. The maximum atomic E-state index is 11.4. The van der Waals surface area contributed by atoms with Crippen molar-refractivity contribution in [3.63, 3.8) is 0 Å². The van der Waals surface area contributed by atoms with E-state index in [1.807, 2.05) is 19.2 Å². The number of likely N-dealkylation sites (N-methyl/N-ethyl adjacent to an activating group) is 1. The molecule has 0 saturated carbocycles. The van der Waals surface area contributed by atoms with Crippen LogP contribution in [-0.4, -0.2) is 82.5 Å². The van der Waals surface area contributed by atoms with Gasteiger partial charge < -0.3 is 35.8 Å². The molecule has 0 radical (unpaired) electrons. The van der Waals surface area contributed by atoms with Crippen LogP contribution in [0.15, 0.2) is 24.3 Å². The second kappa shape index (κ2) is 18.1. The van der Waals surface area contributed by atoms with Gasteiger partial charge in [0.1, 0.15) is 5.75 Å². The fraction of sp³-hybridized carbons (Fsp3) is 0.591. The van der Waals surface area contributed by atoms with E-state index in [0.29, 0.717) is 31.4 Å². The van der Waals surface area contributed by atoms with E-state index >= 15 is 0 Å². The van der Waals surface area contributed by atoms with Crippen molar-refractivity contribution in [2.75, 3.05) is 26.0 Å². The Balaban J connectivity index is 0.000000861. The molecule has 0 heterocycles. The van der Waals surface area contributed by atoms with E-state index in [4.69, 9.17) is 25.2 Å². The molecular formula is C22H36N2O8S. The largest absolute Gasteiger partial charge is 0.494 e. The topological polar surface area (TPSA) is 165 Å². The van der Waals surface area contributed by atoms with Crippen molar-refractivity contribution in [3.8, 4) is 5.75 Å². The Morgan fingerprint density at radius 2 is 1.70 bits per heavy atom. The first kappa shape index (κ1) is 30.7. The van der Waals surface area contributed by atoms with E-state index in [2.05, 4.69) is 42.3 Å². The zero-order chi connectivity index (χ0) is 25.2. The summed E-state index contributed by atoms with van der Waals surface area (Å²) < 4.78 is 5.80. The number of ether oxygens (including phenoxy) is 1. The number of aliphatic carboxylic acids is 2. The number of benzene rings is 1. The highest BCUT2D eigenvalue weighted by atomic mass is 32.1. The number of hydrogen-bond donors (Lipinski definition) is 7. The molecule has 0 aliphatic heterocycles. The number of carboxylic acid groups (broad SMARTS) is 2. The highest BCUT2D eigenvalue weighted by molar-refractivity contribution is 7.80. The van der Waals surface area contributed by atoms with Gasteiger partial charge >= 0.3 is 11.9 Å². The number of carbonyl (C=O) groups is 3. The molecule has 1 aromatic carbocycles. The maximum absolute atomic E-state index is 11.4. The molecule has 0 aliphatic rings. The summed E-state index contributed by atoms with van der Waals surface area (Å²) in [6.45, 7) is 3.51. The van der Waals surface area contributed by atoms with Crippen LogP contribution < -0.4 is 15.4 Å². The summed E-state index contributed by atoms with van der Waals surface area (Å²) >= 11 is 4.06. The smallest absolute Gasteiger partial charge is 0.335 e. The second-order valence-corrected chi connectivity index (χ2v) is 7.79. The van der Waals surface area contributed by atoms with Crippen molar-refractivity contribution in [2.45, 2.75) is 57.3 Å². The molecule has 0 fully saturated rings. The molecule has 10 nitrogen and oxygen atoms in total. The third kappa shape index (κ3) is 15.2. The van der Waals surface area contributed by atoms with Crippen molar-refractivity contribution >= 4 is 30.5 Å². The second-order valence-electron chi connectivity index (χ2n) is 7.34. The summed E-state index contributed by atoms with van der Waals surface area (Å²) in [7, 11) is 1.98. The minimum Gasteiger partial charge on any atom is -0.494 e. The lowest BCUT2D eigenvalue weighted by atomic mass is 10.1. The standard InChI is InChI=1S/C18H30N2O2S.C4H6O6/c1-15(19-2)13-16-7-6-8-17(14-16)22-11-5-3-4-9-18(21)20-10-12-23;5-1(3(7)8)2(6)4(9)10/h6-8,14-15,19,23H,3-5,9-13H2,1-2H3,(H,20,21);1-2,5-6H,(H,7,8)(H,9,10)/t15-;1-,2-/m01/s1. The van der Waals surface area contributed by atoms with Crippen LogP contribution in [0.25, 0.3) is 0 Å². The zero-order valence-corrected chi connectivity index (χ0v) is 20.0. The molecule has 0 spiro atoms. The van der Waals surface area contributed by atoms with Gasteiger partial charge in [-0.2, -0.15) is 12.6 Å². The summed E-state index contributed by atoms with van der Waals surface area (Å²) in [4.78, 5) is 31.0. The van der Waals surface area contributed by atoms with Crippen LogP contribution >= 0.6 is 12.6 Å². The first-order chi connectivity index (χ1) is 15.6. The van der Waals surface area contributed by atoms with Gasteiger partial charge in [0.25, 0.3) is 0 Å². The first-order valence-corrected chi connectivity index (χ1v) is 11.3. The average molecular weight is 489 g/mol. The predicted molar refractivity (Wildman–Crippen MR) is 127 cm³/mol. The molecule has 0 aliphatic carbocycles. The first-order valence-electron chi connectivity index (χ1n) is 10.7. The molecule has 0 saturated heterocycles. The molecule has 0 bridgehead atoms. The molecule has 6 N–H and O–H groups in total. The zero-order valence-electron chi connectivity index (χ0n) is 19.1. The Hall–Kier alpha value is -2.34. The van der Waals surface area contributed by atoms with Gasteiger partial charge in [0.15, 0.2) is 12.2 Å². The van der Waals surface area contributed by atoms with Crippen molar-refractivity contribution < 1.29 is 39.5 Å². The number of rotatable bonds is 15. The third-order valence-electron chi connectivity index (χ3n) is 4.49. The third-order valence-corrected chi connectivity index (χ3v) is 4.71. The number of hydrogen-bond acceptors (Lipinski definition) is 8. The van der Waals surface area contributed by atoms with Crippen molar-refractivity contribution in [1.82, 2.24) is 10.6 Å². The number of nitrogens with one attached hydrogen (secondary N) is 2. The highest BCUT2D eigenvalue weighted by Crippen LogP contribution is 2.15. The summed E-state index contributed by atoms with van der Waals surface area (Å²) in [5.74, 6) is -1.81. The van der Waals surface area contributed by atoms with Crippen LogP contribution in [-0.2, 0) is 20.8 Å². The molecule has 0 aromatic heterocycles. The van der Waals surface area contributed by atoms with Crippen LogP contribution in [0.2, 0.25) is 0 Å². The van der Waals surface area contributed by atoms with Crippen LogP contribution in [0.5, 0.6) is 5.75 Å². The number of aliphatic hydroxyl groups is 2. The van der Waals surface area contributed by atoms with Gasteiger partial charge in [-0.3, -0.25) is 4.79 Å². The van der Waals surface area contributed by atoms with Gasteiger partial charge in [0, 0.05) is 24.8 Å². The summed E-state index contributed by atoms with van der Waals surface area (Å²) in [6.07, 6.45) is -0.0706. The number of unbranched alkanes of at least 4 members (excludes halogenated alkanes) is 2. The van der Waals surface area contributed by atoms with Crippen LogP contribution in [0.4, 0.5) is 0 Å². The lowest BCUT2D eigenvalue weighted by molar-refractivity contribution is -0.165. The molecule has 1 amide bonds. The van der Waals surface area contributed by atoms with Crippen LogP contribution in [0, 0.1) is 0 Å². The van der Waals surface area contributed by atoms with E-state index in [-0.39, 0.29) is 5.91 Å². The van der Waals surface area contributed by atoms with E-state index in [9.17, 15) is 14.4 Å².